The van der Waals surface area contributed by atoms with Crippen molar-refractivity contribution in [2.45, 2.75) is 35.2 Å². The van der Waals surface area contributed by atoms with E-state index in [2.05, 4.69) is 11.8 Å². The Hall–Kier alpha value is -2.31. The predicted molar refractivity (Wildman–Crippen MR) is 104 cm³/mol. The minimum absolute atomic E-state index is 0.0723. The van der Waals surface area contributed by atoms with E-state index in [1.165, 1.54) is 36.4 Å². The van der Waals surface area contributed by atoms with Crippen LogP contribution in [0.5, 0.6) is 0 Å². The second kappa shape index (κ2) is 9.46. The average Bonchev–Trinajstić information content (AvgIpc) is 2.65. The van der Waals surface area contributed by atoms with Crippen LogP contribution in [0.2, 0.25) is 0 Å². The van der Waals surface area contributed by atoms with Gasteiger partial charge in [0.1, 0.15) is 0 Å². The van der Waals surface area contributed by atoms with E-state index in [-0.39, 0.29) is 22.0 Å². The molecule has 0 N–H and O–H groups in total. The van der Waals surface area contributed by atoms with Crippen molar-refractivity contribution in [3.05, 3.63) is 60.2 Å². The molecular weight excluding hydrogens is 425 g/mol. The van der Waals surface area contributed by atoms with Crippen molar-refractivity contribution in [1.29, 1.82) is 0 Å². The Morgan fingerprint density at radius 3 is 1.90 bits per heavy atom. The van der Waals surface area contributed by atoms with Gasteiger partial charge < -0.3 is 0 Å². The maximum absolute atomic E-state index is 12.2. The molecule has 0 bridgehead atoms. The van der Waals surface area contributed by atoms with Crippen LogP contribution in [0.3, 0.4) is 0 Å². The molecule has 2 rings (SSSR count). The first-order chi connectivity index (χ1) is 13.5. The molecule has 156 valence electrons. The van der Waals surface area contributed by atoms with E-state index in [0.717, 1.165) is 0 Å². The monoisotopic (exact) mass is 444 g/mol. The molecular formula is C20H19F3O4S2. The SMILES string of the molecule is O=S(=O)(CCC#Cc1ccc(S(=O)(=O)CCCC(F)(F)F)cc1)c1ccccc1. The summed E-state index contributed by atoms with van der Waals surface area (Å²) in [6.07, 6.45) is -5.93. The second-order valence-corrected chi connectivity index (χ2v) is 10.5. The Balaban J connectivity index is 1.94. The number of alkyl halides is 3. The lowest BCUT2D eigenvalue weighted by atomic mass is 10.2. The van der Waals surface area contributed by atoms with E-state index < -0.39 is 44.4 Å². The molecule has 29 heavy (non-hydrogen) atoms. The molecule has 0 unspecified atom stereocenters. The number of sulfone groups is 2. The lowest BCUT2D eigenvalue weighted by Crippen LogP contribution is -2.12. The maximum Gasteiger partial charge on any atom is 0.389 e. The van der Waals surface area contributed by atoms with Crippen molar-refractivity contribution in [3.63, 3.8) is 0 Å². The van der Waals surface area contributed by atoms with Gasteiger partial charge in [0.15, 0.2) is 19.7 Å². The predicted octanol–water partition coefficient (Wildman–Crippen LogP) is 4.02. The van der Waals surface area contributed by atoms with Crippen LogP contribution in [0.15, 0.2) is 64.4 Å². The molecule has 0 spiro atoms. The van der Waals surface area contributed by atoms with Crippen molar-refractivity contribution in [3.8, 4) is 11.8 Å². The molecule has 0 amide bonds. The molecule has 2 aromatic rings. The summed E-state index contributed by atoms with van der Waals surface area (Å²) in [6, 6.07) is 13.5. The maximum atomic E-state index is 12.2. The fraction of sp³-hybridized carbons (Fsp3) is 0.300. The van der Waals surface area contributed by atoms with Crippen LogP contribution in [-0.2, 0) is 19.7 Å². The van der Waals surface area contributed by atoms with Crippen LogP contribution in [0, 0.1) is 11.8 Å². The van der Waals surface area contributed by atoms with Gasteiger partial charge in [-0.15, -0.1) is 0 Å². The normalized spacial score (nSPS) is 12.2. The number of benzene rings is 2. The molecule has 0 aliphatic heterocycles. The van der Waals surface area contributed by atoms with Crippen LogP contribution < -0.4 is 0 Å². The summed E-state index contributed by atoms with van der Waals surface area (Å²) in [7, 11) is -7.22. The van der Waals surface area contributed by atoms with Crippen molar-refractivity contribution in [1.82, 2.24) is 0 Å². The van der Waals surface area contributed by atoms with Crippen molar-refractivity contribution in [2.75, 3.05) is 11.5 Å². The van der Waals surface area contributed by atoms with Crippen molar-refractivity contribution in [2.24, 2.45) is 0 Å². The van der Waals surface area contributed by atoms with E-state index in [9.17, 15) is 30.0 Å². The summed E-state index contributed by atoms with van der Waals surface area (Å²) < 4.78 is 84.9. The van der Waals surface area contributed by atoms with Crippen LogP contribution in [-0.4, -0.2) is 34.5 Å². The largest absolute Gasteiger partial charge is 0.389 e. The summed E-state index contributed by atoms with van der Waals surface area (Å²) in [5, 5.41) is 0. The fourth-order valence-corrected chi connectivity index (χ4v) is 4.91. The quantitative estimate of drug-likeness (QED) is 0.605. The Labute approximate surface area is 168 Å². The smallest absolute Gasteiger partial charge is 0.224 e. The highest BCUT2D eigenvalue weighted by molar-refractivity contribution is 7.91. The number of halogens is 3. The zero-order valence-corrected chi connectivity index (χ0v) is 16.9. The number of hydrogen-bond acceptors (Lipinski definition) is 4. The molecule has 0 aliphatic carbocycles. The molecule has 0 aromatic heterocycles. The Bertz CT molecular complexity index is 1080. The molecule has 0 saturated carbocycles. The summed E-state index contributed by atoms with van der Waals surface area (Å²) >= 11 is 0. The zero-order chi connectivity index (χ0) is 21.5. The van der Waals surface area contributed by atoms with Gasteiger partial charge in [0.05, 0.1) is 21.3 Å². The van der Waals surface area contributed by atoms with Gasteiger partial charge in [0, 0.05) is 18.4 Å². The summed E-state index contributed by atoms with van der Waals surface area (Å²) in [4.78, 5) is 0.152. The summed E-state index contributed by atoms with van der Waals surface area (Å²) in [5.74, 6) is 4.75. The Kier molecular flexibility index (Phi) is 7.49. The molecule has 0 atom stereocenters. The molecule has 0 fully saturated rings. The summed E-state index contributed by atoms with van der Waals surface area (Å²) in [5.41, 5.74) is 0.483. The van der Waals surface area contributed by atoms with Crippen LogP contribution in [0.25, 0.3) is 0 Å². The highest BCUT2D eigenvalue weighted by Crippen LogP contribution is 2.23. The van der Waals surface area contributed by atoms with E-state index in [4.69, 9.17) is 0 Å². The zero-order valence-electron chi connectivity index (χ0n) is 15.3. The average molecular weight is 444 g/mol. The van der Waals surface area contributed by atoms with E-state index in [0.29, 0.717) is 5.56 Å². The first-order valence-electron chi connectivity index (χ1n) is 8.66. The highest BCUT2D eigenvalue weighted by atomic mass is 32.2. The molecule has 0 aliphatic rings. The molecule has 9 heteroatoms. The van der Waals surface area contributed by atoms with Gasteiger partial charge in [-0.2, -0.15) is 13.2 Å². The van der Waals surface area contributed by atoms with Gasteiger partial charge in [-0.1, -0.05) is 30.0 Å². The molecule has 4 nitrogen and oxygen atoms in total. The van der Waals surface area contributed by atoms with Crippen LogP contribution >= 0.6 is 0 Å². The van der Waals surface area contributed by atoms with E-state index in [1.807, 2.05) is 0 Å². The second-order valence-electron chi connectivity index (χ2n) is 6.25. The van der Waals surface area contributed by atoms with Gasteiger partial charge in [-0.05, 0) is 42.8 Å². The molecule has 2 aromatic carbocycles. The first kappa shape index (κ1) is 23.0. The summed E-state index contributed by atoms with van der Waals surface area (Å²) in [6.45, 7) is 0. The highest BCUT2D eigenvalue weighted by Gasteiger charge is 2.27. The van der Waals surface area contributed by atoms with Crippen LogP contribution in [0.4, 0.5) is 13.2 Å². The van der Waals surface area contributed by atoms with Gasteiger partial charge in [-0.3, -0.25) is 0 Å². The third kappa shape index (κ3) is 7.55. The van der Waals surface area contributed by atoms with Gasteiger partial charge >= 0.3 is 6.18 Å². The van der Waals surface area contributed by atoms with Gasteiger partial charge in [-0.25, -0.2) is 16.8 Å². The lowest BCUT2D eigenvalue weighted by Gasteiger charge is -2.07. The standard InChI is InChI=1S/C20H19F3O4S2/c21-20(22,23)14-6-16-29(26,27)19-12-10-17(11-13-19)7-4-5-15-28(24,25)18-8-2-1-3-9-18/h1-3,8-13H,5-6,14-16H2. The molecule has 0 saturated heterocycles. The van der Waals surface area contributed by atoms with Crippen LogP contribution in [0.1, 0.15) is 24.8 Å². The lowest BCUT2D eigenvalue weighted by molar-refractivity contribution is -0.134. The van der Waals surface area contributed by atoms with E-state index >= 15 is 0 Å². The fourth-order valence-electron chi connectivity index (χ4n) is 2.42. The number of hydrogen-bond donors (Lipinski definition) is 0. The first-order valence-corrected chi connectivity index (χ1v) is 12.0. The minimum Gasteiger partial charge on any atom is -0.224 e. The number of rotatable bonds is 7. The van der Waals surface area contributed by atoms with Gasteiger partial charge in [0.25, 0.3) is 0 Å². The van der Waals surface area contributed by atoms with Crippen molar-refractivity contribution < 1.29 is 30.0 Å². The van der Waals surface area contributed by atoms with Gasteiger partial charge in [0.2, 0.25) is 0 Å². The molecule has 0 heterocycles. The Morgan fingerprint density at radius 2 is 1.31 bits per heavy atom. The topological polar surface area (TPSA) is 68.3 Å². The Morgan fingerprint density at radius 1 is 0.759 bits per heavy atom. The third-order valence-electron chi connectivity index (χ3n) is 3.92. The molecule has 0 radical (unpaired) electrons. The van der Waals surface area contributed by atoms with Crippen molar-refractivity contribution >= 4 is 19.7 Å². The van der Waals surface area contributed by atoms with E-state index in [1.54, 1.807) is 18.2 Å². The minimum atomic E-state index is -4.39. The third-order valence-corrected chi connectivity index (χ3v) is 7.47.